The summed E-state index contributed by atoms with van der Waals surface area (Å²) in [5.41, 5.74) is 7.72. The third kappa shape index (κ3) is 4.94. The van der Waals surface area contributed by atoms with Crippen molar-refractivity contribution in [2.24, 2.45) is 5.73 Å². The van der Waals surface area contributed by atoms with Crippen LogP contribution in [0.2, 0.25) is 0 Å². The fourth-order valence-electron chi connectivity index (χ4n) is 3.00. The van der Waals surface area contributed by atoms with Gasteiger partial charge in [-0.25, -0.2) is 0 Å². The summed E-state index contributed by atoms with van der Waals surface area (Å²) >= 11 is 0. The summed E-state index contributed by atoms with van der Waals surface area (Å²) in [4.78, 5) is 14.1. The number of anilines is 1. The molecule has 0 fully saturated rings. The van der Waals surface area contributed by atoms with Gasteiger partial charge in [-0.3, -0.25) is 4.79 Å². The van der Waals surface area contributed by atoms with Crippen LogP contribution in [0.1, 0.15) is 44.6 Å². The highest BCUT2D eigenvalue weighted by atomic mass is 16.5. The van der Waals surface area contributed by atoms with Gasteiger partial charge in [0, 0.05) is 24.1 Å². The van der Waals surface area contributed by atoms with E-state index in [4.69, 9.17) is 10.5 Å². The van der Waals surface area contributed by atoms with Crippen LogP contribution in [-0.4, -0.2) is 43.6 Å². The average Bonchev–Trinajstić information content (AvgIpc) is 2.57. The number of amides is 1. The van der Waals surface area contributed by atoms with E-state index in [-0.39, 0.29) is 11.8 Å². The second-order valence-corrected chi connectivity index (χ2v) is 6.02. The molecular weight excluding hydrogens is 290 g/mol. The number of hydrogen-bond acceptors (Lipinski definition) is 4. The van der Waals surface area contributed by atoms with Gasteiger partial charge in [0.2, 0.25) is 5.91 Å². The van der Waals surface area contributed by atoms with Gasteiger partial charge in [-0.1, -0.05) is 19.9 Å². The first-order valence-electron chi connectivity index (χ1n) is 8.66. The summed E-state index contributed by atoms with van der Waals surface area (Å²) in [5.74, 6) is 0.954. The maximum Gasteiger partial charge on any atom is 0.225 e. The van der Waals surface area contributed by atoms with E-state index >= 15 is 0 Å². The zero-order chi connectivity index (χ0) is 16.7. The van der Waals surface area contributed by atoms with Crippen LogP contribution in [0, 0.1) is 0 Å². The van der Waals surface area contributed by atoms with E-state index in [1.54, 1.807) is 0 Å². The number of carbonyl (C=O) groups excluding carboxylic acids is 1. The van der Waals surface area contributed by atoms with Crippen molar-refractivity contribution in [2.75, 3.05) is 38.1 Å². The Labute approximate surface area is 139 Å². The summed E-state index contributed by atoms with van der Waals surface area (Å²) in [6.07, 6.45) is 2.64. The van der Waals surface area contributed by atoms with E-state index in [1.807, 2.05) is 18.2 Å². The molecule has 0 saturated heterocycles. The van der Waals surface area contributed by atoms with E-state index in [9.17, 15) is 4.79 Å². The van der Waals surface area contributed by atoms with Crippen LogP contribution in [0.15, 0.2) is 18.2 Å². The normalized spacial score (nSPS) is 17.0. The largest absolute Gasteiger partial charge is 0.494 e. The number of benzene rings is 1. The molecule has 0 saturated carbocycles. The lowest BCUT2D eigenvalue weighted by Gasteiger charge is -2.25. The molecule has 0 spiro atoms. The molecule has 5 heteroatoms. The van der Waals surface area contributed by atoms with E-state index < -0.39 is 0 Å². The van der Waals surface area contributed by atoms with Gasteiger partial charge in [0.1, 0.15) is 5.75 Å². The molecule has 1 aromatic carbocycles. The van der Waals surface area contributed by atoms with Crippen LogP contribution < -0.4 is 15.8 Å². The van der Waals surface area contributed by atoms with Gasteiger partial charge in [-0.15, -0.1) is 0 Å². The Morgan fingerprint density at radius 2 is 2.09 bits per heavy atom. The summed E-state index contributed by atoms with van der Waals surface area (Å²) in [7, 11) is 0. The summed E-state index contributed by atoms with van der Waals surface area (Å²) < 4.78 is 5.82. The number of fused-ring (bicyclic) bond motifs is 1. The molecule has 1 aromatic rings. The summed E-state index contributed by atoms with van der Waals surface area (Å²) in [6, 6.07) is 5.92. The molecule has 1 unspecified atom stereocenters. The Bertz CT molecular complexity index is 515. The Balaban J connectivity index is 1.83. The molecule has 2 rings (SSSR count). The maximum absolute atomic E-state index is 11.7. The van der Waals surface area contributed by atoms with Crippen molar-refractivity contribution >= 4 is 11.6 Å². The number of rotatable bonds is 9. The predicted molar refractivity (Wildman–Crippen MR) is 94.0 cm³/mol. The number of nitrogens with zero attached hydrogens (tertiary/aromatic N) is 1. The van der Waals surface area contributed by atoms with Crippen molar-refractivity contribution in [3.63, 3.8) is 0 Å². The number of carbonyl (C=O) groups is 1. The van der Waals surface area contributed by atoms with Crippen LogP contribution in [-0.2, 0) is 4.79 Å². The highest BCUT2D eigenvalue weighted by Gasteiger charge is 2.24. The van der Waals surface area contributed by atoms with Crippen LogP contribution in [0.3, 0.4) is 0 Å². The topological polar surface area (TPSA) is 67.6 Å². The lowest BCUT2D eigenvalue weighted by atomic mass is 9.90. The second-order valence-electron chi connectivity index (χ2n) is 6.02. The summed E-state index contributed by atoms with van der Waals surface area (Å²) in [6.45, 7) is 8.90. The molecule has 1 aliphatic heterocycles. The van der Waals surface area contributed by atoms with Crippen molar-refractivity contribution in [2.45, 2.75) is 39.0 Å². The van der Waals surface area contributed by atoms with E-state index in [0.29, 0.717) is 19.6 Å². The van der Waals surface area contributed by atoms with Gasteiger partial charge in [0.05, 0.1) is 6.61 Å². The molecule has 1 atom stereocenters. The molecule has 1 aliphatic rings. The number of nitrogens with one attached hydrogen (secondary N) is 1. The Morgan fingerprint density at radius 3 is 2.78 bits per heavy atom. The van der Waals surface area contributed by atoms with Crippen molar-refractivity contribution < 1.29 is 9.53 Å². The minimum atomic E-state index is 0.0318. The third-order valence-corrected chi connectivity index (χ3v) is 4.49. The van der Waals surface area contributed by atoms with Crippen molar-refractivity contribution in [1.82, 2.24) is 4.90 Å². The van der Waals surface area contributed by atoms with Gasteiger partial charge in [0.15, 0.2) is 0 Å². The highest BCUT2D eigenvalue weighted by Crippen LogP contribution is 2.34. The van der Waals surface area contributed by atoms with E-state index in [0.717, 1.165) is 49.5 Å². The predicted octanol–water partition coefficient (Wildman–Crippen LogP) is 2.57. The van der Waals surface area contributed by atoms with Crippen LogP contribution in [0.4, 0.5) is 5.69 Å². The molecule has 3 N–H and O–H groups in total. The van der Waals surface area contributed by atoms with Gasteiger partial charge < -0.3 is 20.7 Å². The molecule has 23 heavy (non-hydrogen) atoms. The van der Waals surface area contributed by atoms with Crippen LogP contribution >= 0.6 is 0 Å². The molecular formula is C18H29N3O2. The minimum absolute atomic E-state index is 0.0318. The first-order valence-corrected chi connectivity index (χ1v) is 8.66. The van der Waals surface area contributed by atoms with Gasteiger partial charge in [0.25, 0.3) is 0 Å². The van der Waals surface area contributed by atoms with Gasteiger partial charge in [-0.05, 0) is 50.7 Å². The number of unbranched alkanes of at least 4 members (excludes halogenated alkanes) is 1. The standard InChI is InChI=1S/C18H29N3O2/c1-3-21(4-2)9-5-6-10-23-15-7-8-16-14(13-19)11-18(22)20-17(16)12-15/h7-8,12,14H,3-6,9-11,13,19H2,1-2H3,(H,20,22). The van der Waals surface area contributed by atoms with Gasteiger partial charge >= 0.3 is 0 Å². The number of ether oxygens (including phenoxy) is 1. The fourth-order valence-corrected chi connectivity index (χ4v) is 3.00. The maximum atomic E-state index is 11.7. The average molecular weight is 319 g/mol. The Hall–Kier alpha value is -1.59. The molecule has 5 nitrogen and oxygen atoms in total. The van der Waals surface area contributed by atoms with Crippen LogP contribution in [0.5, 0.6) is 5.75 Å². The van der Waals surface area contributed by atoms with Gasteiger partial charge in [-0.2, -0.15) is 0 Å². The smallest absolute Gasteiger partial charge is 0.225 e. The summed E-state index contributed by atoms with van der Waals surface area (Å²) in [5, 5.41) is 2.92. The Kier molecular flexibility index (Phi) is 6.86. The molecule has 0 bridgehead atoms. The van der Waals surface area contributed by atoms with Crippen molar-refractivity contribution in [1.29, 1.82) is 0 Å². The van der Waals surface area contributed by atoms with Crippen LogP contribution in [0.25, 0.3) is 0 Å². The number of hydrogen-bond donors (Lipinski definition) is 2. The quantitative estimate of drug-likeness (QED) is 0.687. The number of nitrogens with two attached hydrogens (primary N) is 1. The zero-order valence-electron chi connectivity index (χ0n) is 14.3. The highest BCUT2D eigenvalue weighted by molar-refractivity contribution is 5.95. The minimum Gasteiger partial charge on any atom is -0.494 e. The second kappa shape index (κ2) is 8.89. The zero-order valence-corrected chi connectivity index (χ0v) is 14.3. The molecule has 0 aromatic heterocycles. The third-order valence-electron chi connectivity index (χ3n) is 4.49. The van der Waals surface area contributed by atoms with Crippen molar-refractivity contribution in [3.8, 4) is 5.75 Å². The van der Waals surface area contributed by atoms with E-state index in [2.05, 4.69) is 24.1 Å². The molecule has 1 heterocycles. The fraction of sp³-hybridized carbons (Fsp3) is 0.611. The molecule has 1 amide bonds. The monoisotopic (exact) mass is 319 g/mol. The molecule has 0 radical (unpaired) electrons. The molecule has 0 aliphatic carbocycles. The van der Waals surface area contributed by atoms with Crippen molar-refractivity contribution in [3.05, 3.63) is 23.8 Å². The Morgan fingerprint density at radius 1 is 1.30 bits per heavy atom. The molecule has 128 valence electrons. The lowest BCUT2D eigenvalue weighted by Crippen LogP contribution is -2.27. The first kappa shape index (κ1) is 17.8. The van der Waals surface area contributed by atoms with E-state index in [1.165, 1.54) is 0 Å². The SMILES string of the molecule is CCN(CC)CCCCOc1ccc2c(c1)NC(=O)CC2CN. The first-order chi connectivity index (χ1) is 11.2. The lowest BCUT2D eigenvalue weighted by molar-refractivity contribution is -0.116.